The lowest BCUT2D eigenvalue weighted by atomic mass is 9.85. The maximum Gasteiger partial charge on any atom is 0.308 e. The van der Waals surface area contributed by atoms with Crippen LogP contribution in [-0.4, -0.2) is 87.4 Å². The summed E-state index contributed by atoms with van der Waals surface area (Å²) in [5, 5.41) is 7.56. The highest BCUT2D eigenvalue weighted by atomic mass is 19.3. The highest BCUT2D eigenvalue weighted by Crippen LogP contribution is 2.46. The third-order valence-corrected chi connectivity index (χ3v) is 8.18. The molecule has 13 heteroatoms. The van der Waals surface area contributed by atoms with E-state index in [2.05, 4.69) is 15.4 Å². The molecule has 40 heavy (non-hydrogen) atoms. The largest absolute Gasteiger partial charge is 0.455 e. The molecule has 3 N–H and O–H groups in total. The van der Waals surface area contributed by atoms with Crippen LogP contribution >= 0.6 is 0 Å². The van der Waals surface area contributed by atoms with Crippen LogP contribution in [0.4, 0.5) is 14.6 Å². The molecule has 3 fully saturated rings. The number of ether oxygens (including phenoxy) is 3. The van der Waals surface area contributed by atoms with Crippen LogP contribution in [0.25, 0.3) is 5.52 Å². The molecule has 3 aliphatic rings. The highest BCUT2D eigenvalue weighted by Gasteiger charge is 2.58. The average molecular weight is 565 g/mol. The number of halogens is 2. The van der Waals surface area contributed by atoms with E-state index in [1.54, 1.807) is 49.2 Å². The third-order valence-electron chi connectivity index (χ3n) is 8.18. The number of carbonyl (C=O) groups excluding carboxylic acids is 2. The topological polar surface area (TPSA) is 133 Å². The molecule has 2 aromatic rings. The molecule has 0 radical (unpaired) electrons. The number of aromatic nitrogens is 3. The zero-order chi connectivity index (χ0) is 28.8. The summed E-state index contributed by atoms with van der Waals surface area (Å²) >= 11 is 0. The molecule has 3 aliphatic heterocycles. The van der Waals surface area contributed by atoms with Gasteiger partial charge in [-0.1, -0.05) is 27.7 Å². The number of anilines is 1. The van der Waals surface area contributed by atoms with Crippen LogP contribution in [0.5, 0.6) is 0 Å². The Balaban J connectivity index is 1.54. The van der Waals surface area contributed by atoms with E-state index in [1.165, 1.54) is 6.33 Å². The Hall–Kier alpha value is -2.90. The van der Waals surface area contributed by atoms with E-state index < -0.39 is 66.2 Å². The smallest absolute Gasteiger partial charge is 0.308 e. The molecule has 0 aromatic carbocycles. The number of carbonyl (C=O) groups is 2. The van der Waals surface area contributed by atoms with Gasteiger partial charge in [-0.25, -0.2) is 18.3 Å². The van der Waals surface area contributed by atoms with E-state index in [-0.39, 0.29) is 18.8 Å². The Morgan fingerprint density at radius 3 is 2.42 bits per heavy atom. The number of esters is 2. The molecule has 11 nitrogen and oxygen atoms in total. The Labute approximate surface area is 231 Å². The van der Waals surface area contributed by atoms with Crippen LogP contribution in [0.1, 0.15) is 58.8 Å². The standard InChI is InChI=1S/C27H38F2N6O5/c1-15(2)24(36)39-21-19(11-34-13-27(28,29)12-26(34)7-9-31-10-8-26)38-20(22(21)40-25(37)16(3)4)17-5-6-18-23(30)32-14-33-35(17)18/h5-6,14-16,19-22,31H,7-13H2,1-4H3,(H2,30,32,33)/t19-,20+,21-,22+/m1/s1. The predicted octanol–water partition coefficient (Wildman–Crippen LogP) is 2.35. The van der Waals surface area contributed by atoms with E-state index in [4.69, 9.17) is 19.9 Å². The first-order valence-electron chi connectivity index (χ1n) is 13.9. The van der Waals surface area contributed by atoms with Crippen molar-refractivity contribution in [1.82, 2.24) is 24.8 Å². The second-order valence-electron chi connectivity index (χ2n) is 11.8. The van der Waals surface area contributed by atoms with Crippen molar-refractivity contribution < 1.29 is 32.6 Å². The van der Waals surface area contributed by atoms with Gasteiger partial charge in [0.1, 0.15) is 24.1 Å². The molecule has 0 aliphatic carbocycles. The van der Waals surface area contributed by atoms with Crippen molar-refractivity contribution in [3.8, 4) is 0 Å². The summed E-state index contributed by atoms with van der Waals surface area (Å²) in [6.07, 6.45) is -1.61. The second kappa shape index (κ2) is 10.8. The van der Waals surface area contributed by atoms with Gasteiger partial charge in [0.05, 0.1) is 24.1 Å². The number of piperidine rings is 1. The molecule has 0 bridgehead atoms. The lowest BCUT2D eigenvalue weighted by Crippen LogP contribution is -2.54. The molecule has 0 saturated carbocycles. The fourth-order valence-corrected chi connectivity index (χ4v) is 6.07. The van der Waals surface area contributed by atoms with Gasteiger partial charge >= 0.3 is 11.9 Å². The summed E-state index contributed by atoms with van der Waals surface area (Å²) in [6.45, 7) is 7.74. The van der Waals surface area contributed by atoms with Gasteiger partial charge in [0.2, 0.25) is 0 Å². The molecule has 2 aromatic heterocycles. The lowest BCUT2D eigenvalue weighted by molar-refractivity contribution is -0.171. The van der Waals surface area contributed by atoms with E-state index in [9.17, 15) is 18.4 Å². The van der Waals surface area contributed by atoms with Gasteiger partial charge in [0, 0.05) is 18.5 Å². The zero-order valence-corrected chi connectivity index (χ0v) is 23.3. The first kappa shape index (κ1) is 28.6. The molecule has 1 spiro atoms. The number of hydrogen-bond acceptors (Lipinski definition) is 10. The maximum absolute atomic E-state index is 14.9. The number of fused-ring (bicyclic) bond motifs is 1. The monoisotopic (exact) mass is 564 g/mol. The molecule has 3 saturated heterocycles. The summed E-state index contributed by atoms with van der Waals surface area (Å²) < 4.78 is 49.7. The fraction of sp³-hybridized carbons (Fsp3) is 0.704. The first-order chi connectivity index (χ1) is 18.9. The van der Waals surface area contributed by atoms with E-state index in [0.717, 1.165) is 0 Å². The number of nitrogens with one attached hydrogen (secondary N) is 1. The van der Waals surface area contributed by atoms with Crippen LogP contribution in [0.3, 0.4) is 0 Å². The average Bonchev–Trinajstić information content (AvgIpc) is 3.53. The number of nitrogen functional groups attached to an aromatic ring is 1. The van der Waals surface area contributed by atoms with Crippen LogP contribution in [-0.2, 0) is 23.8 Å². The van der Waals surface area contributed by atoms with Gasteiger partial charge < -0.3 is 25.3 Å². The lowest BCUT2D eigenvalue weighted by Gasteiger charge is -2.42. The Kier molecular flexibility index (Phi) is 7.75. The quantitative estimate of drug-likeness (QED) is 0.483. The minimum Gasteiger partial charge on any atom is -0.455 e. The summed E-state index contributed by atoms with van der Waals surface area (Å²) in [7, 11) is 0. The summed E-state index contributed by atoms with van der Waals surface area (Å²) in [4.78, 5) is 31.6. The van der Waals surface area contributed by atoms with Crippen LogP contribution in [0, 0.1) is 11.8 Å². The number of likely N-dealkylation sites (tertiary alicyclic amines) is 1. The SMILES string of the molecule is CC(C)C(=O)O[C@@H]1[C@H](OC(=O)C(C)C)[C@@H](CN2CC(F)(F)CC23CCNCC3)O[C@H]1c1ccc2c(N)ncnn12. The molecule has 0 amide bonds. The molecule has 220 valence electrons. The summed E-state index contributed by atoms with van der Waals surface area (Å²) in [5.74, 6) is -4.52. The Morgan fingerprint density at radius 1 is 1.12 bits per heavy atom. The number of rotatable bonds is 7. The van der Waals surface area contributed by atoms with Crippen molar-refractivity contribution in [3.63, 3.8) is 0 Å². The zero-order valence-electron chi connectivity index (χ0n) is 23.3. The van der Waals surface area contributed by atoms with E-state index in [0.29, 0.717) is 37.1 Å². The molecular formula is C27H38F2N6O5. The number of nitrogens with two attached hydrogens (primary N) is 1. The molecule has 4 atom stereocenters. The fourth-order valence-electron chi connectivity index (χ4n) is 6.07. The van der Waals surface area contributed by atoms with Crippen LogP contribution in [0.15, 0.2) is 18.5 Å². The summed E-state index contributed by atoms with van der Waals surface area (Å²) in [5.41, 5.74) is 6.39. The highest BCUT2D eigenvalue weighted by molar-refractivity contribution is 5.73. The van der Waals surface area contributed by atoms with Gasteiger partial charge in [0.15, 0.2) is 18.0 Å². The van der Waals surface area contributed by atoms with Gasteiger partial charge in [-0.05, 0) is 38.1 Å². The number of nitrogens with zero attached hydrogens (tertiary/aromatic N) is 4. The van der Waals surface area contributed by atoms with Crippen molar-refractivity contribution in [2.45, 2.75) is 82.8 Å². The van der Waals surface area contributed by atoms with E-state index >= 15 is 0 Å². The number of hydrogen-bond donors (Lipinski definition) is 2. The second-order valence-corrected chi connectivity index (χ2v) is 11.8. The minimum absolute atomic E-state index is 0.0816. The molecule has 5 rings (SSSR count). The maximum atomic E-state index is 14.9. The molecule has 5 heterocycles. The normalized spacial score (nSPS) is 28.1. The molecular weight excluding hydrogens is 526 g/mol. The van der Waals surface area contributed by atoms with Crippen molar-refractivity contribution in [2.75, 3.05) is 31.9 Å². The van der Waals surface area contributed by atoms with Crippen LogP contribution in [0.2, 0.25) is 0 Å². The van der Waals surface area contributed by atoms with Crippen molar-refractivity contribution in [1.29, 1.82) is 0 Å². The van der Waals surface area contributed by atoms with Gasteiger partial charge in [-0.15, -0.1) is 0 Å². The van der Waals surface area contributed by atoms with Crippen LogP contribution < -0.4 is 11.1 Å². The Morgan fingerprint density at radius 2 is 1.77 bits per heavy atom. The van der Waals surface area contributed by atoms with Gasteiger partial charge in [0.25, 0.3) is 5.92 Å². The third kappa shape index (κ3) is 5.38. The van der Waals surface area contributed by atoms with E-state index in [1.807, 2.05) is 0 Å². The van der Waals surface area contributed by atoms with Gasteiger partial charge in [-0.3, -0.25) is 14.5 Å². The van der Waals surface area contributed by atoms with Crippen molar-refractivity contribution >= 4 is 23.3 Å². The van der Waals surface area contributed by atoms with Crippen molar-refractivity contribution in [2.24, 2.45) is 11.8 Å². The van der Waals surface area contributed by atoms with Gasteiger partial charge in [-0.2, -0.15) is 5.10 Å². The first-order valence-corrected chi connectivity index (χ1v) is 13.9. The minimum atomic E-state index is -2.85. The van der Waals surface area contributed by atoms with Crippen molar-refractivity contribution in [3.05, 3.63) is 24.2 Å². The number of alkyl halides is 2. The predicted molar refractivity (Wildman–Crippen MR) is 140 cm³/mol. The Bertz CT molecular complexity index is 1250. The molecule has 0 unspecified atom stereocenters. The summed E-state index contributed by atoms with van der Waals surface area (Å²) in [6, 6.07) is 3.46.